The van der Waals surface area contributed by atoms with Gasteiger partial charge in [-0.05, 0) is 25.8 Å². The van der Waals surface area contributed by atoms with Gasteiger partial charge in [-0.25, -0.2) is 0 Å². The summed E-state index contributed by atoms with van der Waals surface area (Å²) in [6.45, 7) is 10.2. The summed E-state index contributed by atoms with van der Waals surface area (Å²) in [5, 5.41) is 8.59. The fourth-order valence-electron chi connectivity index (χ4n) is 1.76. The second-order valence-corrected chi connectivity index (χ2v) is 4.25. The second kappa shape index (κ2) is 6.82. The summed E-state index contributed by atoms with van der Waals surface area (Å²) < 4.78 is 0. The summed E-state index contributed by atoms with van der Waals surface area (Å²) in [7, 11) is 0. The van der Waals surface area contributed by atoms with E-state index in [1.54, 1.807) is 0 Å². The van der Waals surface area contributed by atoms with Crippen molar-refractivity contribution in [1.29, 1.82) is 0 Å². The number of aliphatic carboxylic acids is 1. The smallest absolute Gasteiger partial charge is 0.304 e. The molecule has 1 unspecified atom stereocenters. The predicted molar refractivity (Wildman–Crippen MR) is 58.4 cm³/mol. The highest BCUT2D eigenvalue weighted by Crippen LogP contribution is 2.11. The van der Waals surface area contributed by atoms with E-state index in [2.05, 4.69) is 32.6 Å². The van der Waals surface area contributed by atoms with Crippen LogP contribution in [0.4, 0.5) is 0 Å². The predicted octanol–water partition coefficient (Wildman–Crippen LogP) is 2.22. The maximum atomic E-state index is 10.4. The van der Waals surface area contributed by atoms with E-state index in [-0.39, 0.29) is 6.42 Å². The van der Waals surface area contributed by atoms with Crippen LogP contribution < -0.4 is 0 Å². The van der Waals surface area contributed by atoms with Gasteiger partial charge in [0.05, 0.1) is 6.42 Å². The summed E-state index contributed by atoms with van der Waals surface area (Å²) >= 11 is 0. The molecule has 0 spiro atoms. The Labute approximate surface area is 87.1 Å². The fourth-order valence-corrected chi connectivity index (χ4v) is 1.76. The number of nitrogens with zero attached hydrogens (tertiary/aromatic N) is 1. The lowest BCUT2D eigenvalue weighted by Crippen LogP contribution is -2.35. The minimum atomic E-state index is -0.708. The highest BCUT2D eigenvalue weighted by Gasteiger charge is 2.14. The normalized spacial score (nSPS) is 13.6. The molecule has 0 saturated carbocycles. The highest BCUT2D eigenvalue weighted by atomic mass is 16.4. The molecule has 0 amide bonds. The standard InChI is InChI=1S/C11H23NO2/c1-5-12(7-6-11(13)14)10(4)8-9(2)3/h9-10H,5-8H2,1-4H3,(H,13,14). The van der Waals surface area contributed by atoms with Crippen LogP contribution in [0.25, 0.3) is 0 Å². The molecule has 84 valence electrons. The van der Waals surface area contributed by atoms with Crippen LogP contribution >= 0.6 is 0 Å². The third kappa shape index (κ3) is 5.97. The SMILES string of the molecule is CCN(CCC(=O)O)C(C)CC(C)C. The first-order valence-electron chi connectivity index (χ1n) is 5.43. The van der Waals surface area contributed by atoms with Crippen LogP contribution in [0, 0.1) is 5.92 Å². The summed E-state index contributed by atoms with van der Waals surface area (Å²) in [5.41, 5.74) is 0. The maximum Gasteiger partial charge on any atom is 0.304 e. The van der Waals surface area contributed by atoms with Gasteiger partial charge in [0.25, 0.3) is 0 Å². The monoisotopic (exact) mass is 201 g/mol. The van der Waals surface area contributed by atoms with E-state index in [0.717, 1.165) is 13.0 Å². The number of carboxylic acid groups (broad SMARTS) is 1. The van der Waals surface area contributed by atoms with E-state index in [1.165, 1.54) is 0 Å². The molecule has 0 aliphatic rings. The number of hydrogen-bond donors (Lipinski definition) is 1. The first kappa shape index (κ1) is 13.4. The van der Waals surface area contributed by atoms with Crippen molar-refractivity contribution in [2.75, 3.05) is 13.1 Å². The van der Waals surface area contributed by atoms with Gasteiger partial charge in [0.1, 0.15) is 0 Å². The van der Waals surface area contributed by atoms with E-state index < -0.39 is 5.97 Å². The Balaban J connectivity index is 3.92. The van der Waals surface area contributed by atoms with Gasteiger partial charge >= 0.3 is 5.97 Å². The molecule has 0 aromatic carbocycles. The summed E-state index contributed by atoms with van der Waals surface area (Å²) in [5.74, 6) is -0.0379. The fraction of sp³-hybridized carbons (Fsp3) is 0.909. The molecule has 1 atom stereocenters. The third-order valence-electron chi connectivity index (χ3n) is 2.45. The van der Waals surface area contributed by atoms with E-state index in [9.17, 15) is 4.79 Å². The van der Waals surface area contributed by atoms with E-state index >= 15 is 0 Å². The largest absolute Gasteiger partial charge is 0.481 e. The molecule has 3 nitrogen and oxygen atoms in total. The first-order chi connectivity index (χ1) is 6.47. The molecular formula is C11H23NO2. The average molecular weight is 201 g/mol. The molecule has 0 heterocycles. The van der Waals surface area contributed by atoms with E-state index in [0.29, 0.717) is 18.5 Å². The van der Waals surface area contributed by atoms with Crippen LogP contribution in [0.2, 0.25) is 0 Å². The number of carboxylic acids is 1. The van der Waals surface area contributed by atoms with Crippen LogP contribution in [0.1, 0.15) is 40.5 Å². The molecule has 3 heteroatoms. The third-order valence-corrected chi connectivity index (χ3v) is 2.45. The zero-order valence-corrected chi connectivity index (χ0v) is 9.79. The summed E-state index contributed by atoms with van der Waals surface area (Å²) in [4.78, 5) is 12.7. The first-order valence-corrected chi connectivity index (χ1v) is 5.43. The Kier molecular flexibility index (Phi) is 6.54. The molecule has 0 radical (unpaired) electrons. The molecule has 0 rings (SSSR count). The van der Waals surface area contributed by atoms with Crippen molar-refractivity contribution in [1.82, 2.24) is 4.90 Å². The Bertz CT molecular complexity index is 169. The molecule has 0 aliphatic heterocycles. The Hall–Kier alpha value is -0.570. The van der Waals surface area contributed by atoms with Crippen molar-refractivity contribution in [2.45, 2.75) is 46.6 Å². The number of carbonyl (C=O) groups is 1. The quantitative estimate of drug-likeness (QED) is 0.686. The van der Waals surface area contributed by atoms with Crippen LogP contribution in [0.3, 0.4) is 0 Å². The van der Waals surface area contributed by atoms with Crippen molar-refractivity contribution in [3.63, 3.8) is 0 Å². The lowest BCUT2D eigenvalue weighted by atomic mass is 10.0. The van der Waals surface area contributed by atoms with Crippen molar-refractivity contribution in [3.8, 4) is 0 Å². The van der Waals surface area contributed by atoms with Gasteiger partial charge in [0.15, 0.2) is 0 Å². The number of hydrogen-bond acceptors (Lipinski definition) is 2. The molecule has 1 N–H and O–H groups in total. The lowest BCUT2D eigenvalue weighted by Gasteiger charge is -2.28. The minimum absolute atomic E-state index is 0.246. The molecule has 0 aromatic heterocycles. The van der Waals surface area contributed by atoms with Crippen LogP contribution in [-0.4, -0.2) is 35.1 Å². The highest BCUT2D eigenvalue weighted by molar-refractivity contribution is 5.66. The molecule has 14 heavy (non-hydrogen) atoms. The molecule has 0 bridgehead atoms. The van der Waals surface area contributed by atoms with Gasteiger partial charge < -0.3 is 10.0 Å². The van der Waals surface area contributed by atoms with E-state index in [1.807, 2.05) is 0 Å². The summed E-state index contributed by atoms with van der Waals surface area (Å²) in [6, 6.07) is 0.486. The van der Waals surface area contributed by atoms with Gasteiger partial charge in [-0.2, -0.15) is 0 Å². The van der Waals surface area contributed by atoms with Gasteiger partial charge in [-0.15, -0.1) is 0 Å². The topological polar surface area (TPSA) is 40.5 Å². The van der Waals surface area contributed by atoms with Crippen molar-refractivity contribution in [3.05, 3.63) is 0 Å². The van der Waals surface area contributed by atoms with E-state index in [4.69, 9.17) is 5.11 Å². The van der Waals surface area contributed by atoms with Gasteiger partial charge in [-0.1, -0.05) is 20.8 Å². The lowest BCUT2D eigenvalue weighted by molar-refractivity contribution is -0.137. The molecule has 0 fully saturated rings. The van der Waals surface area contributed by atoms with Crippen molar-refractivity contribution < 1.29 is 9.90 Å². The van der Waals surface area contributed by atoms with Crippen LogP contribution in [0.5, 0.6) is 0 Å². The Morgan fingerprint density at radius 3 is 2.29 bits per heavy atom. The van der Waals surface area contributed by atoms with Crippen LogP contribution in [-0.2, 0) is 4.79 Å². The maximum absolute atomic E-state index is 10.4. The Morgan fingerprint density at radius 1 is 1.36 bits per heavy atom. The van der Waals surface area contributed by atoms with Gasteiger partial charge in [0, 0.05) is 12.6 Å². The molecule has 0 saturated heterocycles. The van der Waals surface area contributed by atoms with Crippen molar-refractivity contribution >= 4 is 5.97 Å². The van der Waals surface area contributed by atoms with Gasteiger partial charge in [-0.3, -0.25) is 4.79 Å². The van der Waals surface area contributed by atoms with Crippen molar-refractivity contribution in [2.24, 2.45) is 5.92 Å². The summed E-state index contributed by atoms with van der Waals surface area (Å²) in [6.07, 6.45) is 1.38. The average Bonchev–Trinajstić information content (AvgIpc) is 2.03. The number of rotatable bonds is 7. The molecular weight excluding hydrogens is 178 g/mol. The van der Waals surface area contributed by atoms with Crippen LogP contribution in [0.15, 0.2) is 0 Å². The zero-order valence-electron chi connectivity index (χ0n) is 9.79. The molecule has 0 aliphatic carbocycles. The zero-order chi connectivity index (χ0) is 11.1. The minimum Gasteiger partial charge on any atom is -0.481 e. The van der Waals surface area contributed by atoms with Gasteiger partial charge in [0.2, 0.25) is 0 Å². The Morgan fingerprint density at radius 2 is 1.93 bits per heavy atom. The molecule has 0 aromatic rings. The second-order valence-electron chi connectivity index (χ2n) is 4.25.